The summed E-state index contributed by atoms with van der Waals surface area (Å²) in [5.41, 5.74) is 1.78. The Hall–Kier alpha value is -2.60. The van der Waals surface area contributed by atoms with Gasteiger partial charge in [0.1, 0.15) is 23.0 Å². The lowest BCUT2D eigenvalue weighted by Crippen LogP contribution is -1.96. The molecule has 3 aromatic rings. The molecule has 0 amide bonds. The van der Waals surface area contributed by atoms with Gasteiger partial charge in [0.05, 0.1) is 12.1 Å². The van der Waals surface area contributed by atoms with Crippen LogP contribution in [0.3, 0.4) is 0 Å². The number of hydrogen-bond acceptors (Lipinski definition) is 3. The molecule has 7 heteroatoms. The minimum Gasteiger partial charge on any atom is -0.497 e. The van der Waals surface area contributed by atoms with Crippen LogP contribution >= 0.6 is 11.6 Å². The van der Waals surface area contributed by atoms with Crippen molar-refractivity contribution in [2.24, 2.45) is 7.05 Å². The first-order chi connectivity index (χ1) is 11.9. The third-order valence-corrected chi connectivity index (χ3v) is 4.02. The van der Waals surface area contributed by atoms with Gasteiger partial charge in [0, 0.05) is 18.7 Å². The summed E-state index contributed by atoms with van der Waals surface area (Å²) in [4.78, 5) is 0. The fourth-order valence-corrected chi connectivity index (χ4v) is 2.80. The Labute approximate surface area is 148 Å². The lowest BCUT2D eigenvalue weighted by molar-refractivity contribution is 0.415. The maximum Gasteiger partial charge on any atom is 0.176 e. The van der Waals surface area contributed by atoms with Gasteiger partial charge in [-0.05, 0) is 37.3 Å². The summed E-state index contributed by atoms with van der Waals surface area (Å²) in [6.07, 6.45) is 0. The van der Waals surface area contributed by atoms with Crippen LogP contribution in [0.2, 0.25) is 5.02 Å². The van der Waals surface area contributed by atoms with Crippen molar-refractivity contribution in [3.8, 4) is 28.5 Å². The highest BCUT2D eigenvalue weighted by Crippen LogP contribution is 2.40. The maximum absolute atomic E-state index is 14.0. The highest BCUT2D eigenvalue weighted by Gasteiger charge is 2.21. The van der Waals surface area contributed by atoms with E-state index in [1.54, 1.807) is 44.0 Å². The van der Waals surface area contributed by atoms with Crippen molar-refractivity contribution in [3.63, 3.8) is 0 Å². The SMILES string of the molecule is COc1ccc(-c2c(Oc3ccc(F)cc3F)c(C)nn2C)c(Cl)c1. The standard InChI is InChI=1S/C18H15ClF2N2O2/c1-10-18(25-16-7-4-11(20)8-15(16)21)17(23(2)22-10)13-6-5-12(24-3)9-14(13)19/h4-9H,1-3H3. The van der Waals surface area contributed by atoms with Gasteiger partial charge in [0.2, 0.25) is 0 Å². The zero-order valence-corrected chi connectivity index (χ0v) is 14.6. The van der Waals surface area contributed by atoms with E-state index in [-0.39, 0.29) is 5.75 Å². The van der Waals surface area contributed by atoms with Crippen LogP contribution in [0, 0.1) is 18.6 Å². The van der Waals surface area contributed by atoms with E-state index in [2.05, 4.69) is 5.10 Å². The van der Waals surface area contributed by atoms with Gasteiger partial charge < -0.3 is 9.47 Å². The van der Waals surface area contributed by atoms with Gasteiger partial charge in [-0.15, -0.1) is 0 Å². The largest absolute Gasteiger partial charge is 0.497 e. The quantitative estimate of drug-likeness (QED) is 0.644. The molecule has 0 aliphatic rings. The summed E-state index contributed by atoms with van der Waals surface area (Å²) in [5.74, 6) is -0.607. The van der Waals surface area contributed by atoms with E-state index in [0.717, 1.165) is 12.1 Å². The van der Waals surface area contributed by atoms with Crippen molar-refractivity contribution in [2.75, 3.05) is 7.11 Å². The molecule has 0 atom stereocenters. The van der Waals surface area contributed by atoms with Crippen LogP contribution in [0.25, 0.3) is 11.3 Å². The third-order valence-electron chi connectivity index (χ3n) is 3.70. The Balaban J connectivity index is 2.10. The second-order valence-electron chi connectivity index (χ2n) is 5.41. The van der Waals surface area contributed by atoms with E-state index in [9.17, 15) is 8.78 Å². The summed E-state index contributed by atoms with van der Waals surface area (Å²) in [6, 6.07) is 8.32. The first-order valence-electron chi connectivity index (χ1n) is 7.41. The smallest absolute Gasteiger partial charge is 0.176 e. The van der Waals surface area contributed by atoms with Gasteiger partial charge in [-0.3, -0.25) is 4.68 Å². The first kappa shape index (κ1) is 17.2. The van der Waals surface area contributed by atoms with E-state index >= 15 is 0 Å². The highest BCUT2D eigenvalue weighted by atomic mass is 35.5. The van der Waals surface area contributed by atoms with E-state index < -0.39 is 11.6 Å². The molecule has 0 aliphatic heterocycles. The third kappa shape index (κ3) is 3.30. The molecule has 25 heavy (non-hydrogen) atoms. The summed E-state index contributed by atoms with van der Waals surface area (Å²) in [6.45, 7) is 1.73. The van der Waals surface area contributed by atoms with Crippen molar-refractivity contribution in [3.05, 3.63) is 58.7 Å². The highest BCUT2D eigenvalue weighted by molar-refractivity contribution is 6.33. The molecule has 0 fully saturated rings. The normalized spacial score (nSPS) is 10.8. The number of nitrogens with zero attached hydrogens (tertiary/aromatic N) is 2. The van der Waals surface area contributed by atoms with Crippen LogP contribution < -0.4 is 9.47 Å². The lowest BCUT2D eigenvalue weighted by atomic mass is 10.1. The van der Waals surface area contributed by atoms with E-state index in [0.29, 0.717) is 33.5 Å². The number of hydrogen-bond donors (Lipinski definition) is 0. The van der Waals surface area contributed by atoms with Crippen molar-refractivity contribution in [1.82, 2.24) is 9.78 Å². The fraction of sp³-hybridized carbons (Fsp3) is 0.167. The Morgan fingerprint density at radius 3 is 2.52 bits per heavy atom. The lowest BCUT2D eigenvalue weighted by Gasteiger charge is -2.11. The monoisotopic (exact) mass is 364 g/mol. The minimum absolute atomic E-state index is 0.0941. The number of benzene rings is 2. The minimum atomic E-state index is -0.796. The van der Waals surface area contributed by atoms with Crippen LogP contribution in [0.4, 0.5) is 8.78 Å². The molecule has 0 N–H and O–H groups in total. The molecule has 3 rings (SSSR count). The second kappa shape index (κ2) is 6.72. The molecule has 0 unspecified atom stereocenters. The molecule has 4 nitrogen and oxygen atoms in total. The average molecular weight is 365 g/mol. The molecule has 1 aromatic heterocycles. The zero-order valence-electron chi connectivity index (χ0n) is 13.8. The number of ether oxygens (including phenoxy) is 2. The molecule has 0 aliphatic carbocycles. The number of halogens is 3. The second-order valence-corrected chi connectivity index (χ2v) is 5.82. The average Bonchev–Trinajstić information content (AvgIpc) is 2.83. The number of aryl methyl sites for hydroxylation is 2. The van der Waals surface area contributed by atoms with Crippen molar-refractivity contribution in [1.29, 1.82) is 0 Å². The molecule has 130 valence electrons. The predicted molar refractivity (Wildman–Crippen MR) is 91.4 cm³/mol. The van der Waals surface area contributed by atoms with Crippen molar-refractivity contribution in [2.45, 2.75) is 6.92 Å². The molecule has 0 bridgehead atoms. The zero-order chi connectivity index (χ0) is 18.1. The molecule has 0 saturated heterocycles. The molecular weight excluding hydrogens is 350 g/mol. The first-order valence-corrected chi connectivity index (χ1v) is 7.79. The Bertz CT molecular complexity index is 941. The van der Waals surface area contributed by atoms with E-state index in [4.69, 9.17) is 21.1 Å². The van der Waals surface area contributed by atoms with E-state index in [1.807, 2.05) is 0 Å². The Morgan fingerprint density at radius 2 is 1.88 bits per heavy atom. The molecule has 1 heterocycles. The van der Waals surface area contributed by atoms with Gasteiger partial charge in [0.15, 0.2) is 17.3 Å². The number of aromatic nitrogens is 2. The predicted octanol–water partition coefficient (Wildman–Crippen LogP) is 5.13. The Morgan fingerprint density at radius 1 is 1.12 bits per heavy atom. The van der Waals surface area contributed by atoms with Crippen LogP contribution in [-0.4, -0.2) is 16.9 Å². The maximum atomic E-state index is 14.0. The fourth-order valence-electron chi connectivity index (χ4n) is 2.54. The molecule has 0 radical (unpaired) electrons. The molecule has 2 aromatic carbocycles. The molecule has 0 spiro atoms. The summed E-state index contributed by atoms with van der Waals surface area (Å²) in [5, 5.41) is 4.76. The van der Waals surface area contributed by atoms with Crippen LogP contribution in [0.5, 0.6) is 17.2 Å². The van der Waals surface area contributed by atoms with Crippen LogP contribution in [0.15, 0.2) is 36.4 Å². The topological polar surface area (TPSA) is 36.3 Å². The number of methoxy groups -OCH3 is 1. The van der Waals surface area contributed by atoms with Crippen LogP contribution in [0.1, 0.15) is 5.69 Å². The van der Waals surface area contributed by atoms with Gasteiger partial charge in [-0.25, -0.2) is 8.78 Å². The molecular formula is C18H15ClF2N2O2. The summed E-state index contributed by atoms with van der Waals surface area (Å²) < 4.78 is 39.5. The molecule has 0 saturated carbocycles. The summed E-state index contributed by atoms with van der Waals surface area (Å²) >= 11 is 6.35. The van der Waals surface area contributed by atoms with E-state index in [1.165, 1.54) is 6.07 Å². The van der Waals surface area contributed by atoms with Gasteiger partial charge >= 0.3 is 0 Å². The number of rotatable bonds is 4. The van der Waals surface area contributed by atoms with Crippen LogP contribution in [-0.2, 0) is 7.05 Å². The van der Waals surface area contributed by atoms with Gasteiger partial charge in [-0.1, -0.05) is 11.6 Å². The Kier molecular flexibility index (Phi) is 4.63. The van der Waals surface area contributed by atoms with Gasteiger partial charge in [0.25, 0.3) is 0 Å². The van der Waals surface area contributed by atoms with Crippen molar-refractivity contribution < 1.29 is 18.3 Å². The van der Waals surface area contributed by atoms with Gasteiger partial charge in [-0.2, -0.15) is 5.10 Å². The summed E-state index contributed by atoms with van der Waals surface area (Å²) in [7, 11) is 3.28. The van der Waals surface area contributed by atoms with Crippen molar-refractivity contribution >= 4 is 11.6 Å².